The quantitative estimate of drug-likeness (QED) is 0.531. The van der Waals surface area contributed by atoms with E-state index in [0.29, 0.717) is 33.4 Å². The minimum atomic E-state index is -0.612. The maximum Gasteiger partial charge on any atom is 0.267 e. The molecule has 0 saturated carbocycles. The zero-order valence-corrected chi connectivity index (χ0v) is 17.5. The van der Waals surface area contributed by atoms with Gasteiger partial charge in [0, 0.05) is 28.5 Å². The lowest BCUT2D eigenvalue weighted by Gasteiger charge is -2.21. The summed E-state index contributed by atoms with van der Waals surface area (Å²) in [5.74, 6) is -0.604. The third-order valence-electron chi connectivity index (χ3n) is 4.03. The molecule has 8 heteroatoms. The smallest absolute Gasteiger partial charge is 0.267 e. The van der Waals surface area contributed by atoms with Crippen molar-refractivity contribution in [3.63, 3.8) is 0 Å². The van der Waals surface area contributed by atoms with E-state index in [4.69, 9.17) is 28.9 Å². The first kappa shape index (κ1) is 22.2. The van der Waals surface area contributed by atoms with Gasteiger partial charge in [0.05, 0.1) is 11.3 Å². The summed E-state index contributed by atoms with van der Waals surface area (Å²) in [5.41, 5.74) is 12.8. The number of carbonyl (C=O) groups is 2. The summed E-state index contributed by atoms with van der Waals surface area (Å²) in [5, 5.41) is 3.87. The van der Waals surface area contributed by atoms with Gasteiger partial charge in [-0.25, -0.2) is 5.43 Å². The minimum Gasteiger partial charge on any atom is -0.326 e. The molecule has 0 atom stereocenters. The molecular weight excluding hydrogens is 399 g/mol. The zero-order valence-electron chi connectivity index (χ0n) is 16.0. The summed E-state index contributed by atoms with van der Waals surface area (Å²) in [4.78, 5) is 25.1. The normalized spacial score (nSPS) is 11.2. The maximum absolute atomic E-state index is 12.7. The molecule has 0 heterocycles. The highest BCUT2D eigenvalue weighted by Crippen LogP contribution is 2.25. The molecule has 28 heavy (non-hydrogen) atoms. The van der Waals surface area contributed by atoms with Crippen LogP contribution in [0.4, 0.5) is 5.69 Å². The first-order chi connectivity index (χ1) is 13.1. The Balaban J connectivity index is 2.14. The van der Waals surface area contributed by atoms with Crippen LogP contribution in [0.3, 0.4) is 0 Å². The second kappa shape index (κ2) is 9.39. The average molecular weight is 423 g/mol. The molecule has 0 aromatic heterocycles. The fourth-order valence-electron chi connectivity index (χ4n) is 2.36. The molecule has 0 aliphatic heterocycles. The highest BCUT2D eigenvalue weighted by molar-refractivity contribution is 6.35. The van der Waals surface area contributed by atoms with E-state index in [2.05, 4.69) is 16.2 Å². The number of benzene rings is 2. The minimum absolute atomic E-state index is 0.189. The second-order valence-corrected chi connectivity index (χ2v) is 8.13. The van der Waals surface area contributed by atoms with Crippen LogP contribution >= 0.6 is 23.2 Å². The molecule has 0 radical (unpaired) electrons. The van der Waals surface area contributed by atoms with E-state index in [1.54, 1.807) is 57.2 Å². The number of amides is 2. The predicted octanol–water partition coefficient (Wildman–Crippen LogP) is 3.87. The fraction of sp³-hybridized carbons (Fsp3) is 0.300. The topological polar surface area (TPSA) is 96.2 Å². The SMILES string of the molecule is CC(C)(C)C(=O)Nc1c(CN)cccc1C(=O)NNCc1ccc(Cl)cc1Cl. The Kier molecular flexibility index (Phi) is 7.43. The van der Waals surface area contributed by atoms with Gasteiger partial charge in [0.1, 0.15) is 0 Å². The molecule has 0 spiro atoms. The van der Waals surface area contributed by atoms with Crippen LogP contribution < -0.4 is 21.9 Å². The van der Waals surface area contributed by atoms with Gasteiger partial charge < -0.3 is 11.1 Å². The third kappa shape index (κ3) is 5.69. The van der Waals surface area contributed by atoms with Crippen LogP contribution in [0.25, 0.3) is 0 Å². The molecule has 0 saturated heterocycles. The Labute approximate surface area is 174 Å². The van der Waals surface area contributed by atoms with Crippen molar-refractivity contribution in [3.8, 4) is 0 Å². The average Bonchev–Trinajstić information content (AvgIpc) is 2.62. The van der Waals surface area contributed by atoms with Crippen LogP contribution in [0.15, 0.2) is 36.4 Å². The van der Waals surface area contributed by atoms with Crippen LogP contribution in [0.5, 0.6) is 0 Å². The molecule has 6 nitrogen and oxygen atoms in total. The van der Waals surface area contributed by atoms with E-state index >= 15 is 0 Å². The van der Waals surface area contributed by atoms with Crippen molar-refractivity contribution < 1.29 is 9.59 Å². The highest BCUT2D eigenvalue weighted by Gasteiger charge is 2.24. The van der Waals surface area contributed by atoms with E-state index in [1.807, 2.05) is 0 Å². The standard InChI is InChI=1S/C20H24Cl2N4O2/c1-20(2,3)19(28)25-17-12(10-23)5-4-6-15(17)18(27)26-24-11-13-7-8-14(21)9-16(13)22/h4-9,24H,10-11,23H2,1-3H3,(H,25,28)(H,26,27). The molecule has 0 bridgehead atoms. The number of hydrogen-bond donors (Lipinski definition) is 4. The predicted molar refractivity (Wildman–Crippen MR) is 113 cm³/mol. The lowest BCUT2D eigenvalue weighted by Crippen LogP contribution is -2.38. The Bertz CT molecular complexity index is 879. The zero-order chi connectivity index (χ0) is 20.9. The first-order valence-electron chi connectivity index (χ1n) is 8.74. The number of hydrazine groups is 1. The van der Waals surface area contributed by atoms with Crippen molar-refractivity contribution in [2.24, 2.45) is 11.1 Å². The summed E-state index contributed by atoms with van der Waals surface area (Å²) in [6.45, 7) is 5.89. The molecule has 2 rings (SSSR count). The van der Waals surface area contributed by atoms with E-state index in [1.165, 1.54) is 0 Å². The molecule has 150 valence electrons. The number of hydrogen-bond acceptors (Lipinski definition) is 4. The van der Waals surface area contributed by atoms with Crippen LogP contribution in [0.2, 0.25) is 10.0 Å². The summed E-state index contributed by atoms with van der Waals surface area (Å²) in [6.07, 6.45) is 0. The number of nitrogens with two attached hydrogens (primary N) is 1. The van der Waals surface area contributed by atoms with Crippen LogP contribution in [-0.4, -0.2) is 11.8 Å². The highest BCUT2D eigenvalue weighted by atomic mass is 35.5. The number of anilines is 1. The Morgan fingerprint density at radius 1 is 1.07 bits per heavy atom. The van der Waals surface area contributed by atoms with Crippen LogP contribution in [0, 0.1) is 5.41 Å². The van der Waals surface area contributed by atoms with E-state index in [-0.39, 0.29) is 12.5 Å². The van der Waals surface area contributed by atoms with Crippen molar-refractivity contribution in [2.45, 2.75) is 33.9 Å². The maximum atomic E-state index is 12.7. The number of nitrogens with one attached hydrogen (secondary N) is 3. The van der Waals surface area contributed by atoms with Gasteiger partial charge in [0.2, 0.25) is 5.91 Å². The monoisotopic (exact) mass is 422 g/mol. The van der Waals surface area contributed by atoms with Crippen molar-refractivity contribution >= 4 is 40.7 Å². The molecule has 0 aliphatic rings. The van der Waals surface area contributed by atoms with Gasteiger partial charge in [-0.15, -0.1) is 0 Å². The van der Waals surface area contributed by atoms with Crippen molar-refractivity contribution in [3.05, 3.63) is 63.1 Å². The molecule has 2 aromatic rings. The molecule has 0 unspecified atom stereocenters. The number of para-hydroxylation sites is 1. The van der Waals surface area contributed by atoms with Gasteiger partial charge in [-0.2, -0.15) is 0 Å². The Morgan fingerprint density at radius 2 is 1.79 bits per heavy atom. The Hall–Kier alpha value is -2.12. The van der Waals surface area contributed by atoms with Gasteiger partial charge in [-0.3, -0.25) is 15.0 Å². The fourth-order valence-corrected chi connectivity index (χ4v) is 2.84. The van der Waals surface area contributed by atoms with E-state index in [9.17, 15) is 9.59 Å². The molecule has 5 N–H and O–H groups in total. The molecule has 2 amide bonds. The van der Waals surface area contributed by atoms with Gasteiger partial charge in [0.25, 0.3) is 5.91 Å². The number of rotatable bonds is 6. The molecule has 2 aromatic carbocycles. The van der Waals surface area contributed by atoms with Crippen molar-refractivity contribution in [2.75, 3.05) is 5.32 Å². The number of carbonyl (C=O) groups excluding carboxylic acids is 2. The van der Waals surface area contributed by atoms with Gasteiger partial charge >= 0.3 is 0 Å². The summed E-state index contributed by atoms with van der Waals surface area (Å²) in [7, 11) is 0. The molecular formula is C20H24Cl2N4O2. The second-order valence-electron chi connectivity index (χ2n) is 7.29. The van der Waals surface area contributed by atoms with E-state index in [0.717, 1.165) is 5.56 Å². The Morgan fingerprint density at radius 3 is 2.39 bits per heavy atom. The van der Waals surface area contributed by atoms with E-state index < -0.39 is 11.3 Å². The van der Waals surface area contributed by atoms with Gasteiger partial charge in [0.15, 0.2) is 0 Å². The van der Waals surface area contributed by atoms with Gasteiger partial charge in [-0.1, -0.05) is 62.2 Å². The first-order valence-corrected chi connectivity index (χ1v) is 9.49. The van der Waals surface area contributed by atoms with Gasteiger partial charge in [-0.05, 0) is 29.3 Å². The summed E-state index contributed by atoms with van der Waals surface area (Å²) < 4.78 is 0. The summed E-state index contributed by atoms with van der Waals surface area (Å²) in [6, 6.07) is 10.2. The lowest BCUT2D eigenvalue weighted by molar-refractivity contribution is -0.123. The largest absolute Gasteiger partial charge is 0.326 e. The van der Waals surface area contributed by atoms with Crippen molar-refractivity contribution in [1.82, 2.24) is 10.9 Å². The lowest BCUT2D eigenvalue weighted by atomic mass is 9.95. The number of halogens is 2. The molecule has 0 aliphatic carbocycles. The van der Waals surface area contributed by atoms with Crippen LogP contribution in [-0.2, 0) is 17.9 Å². The van der Waals surface area contributed by atoms with Crippen molar-refractivity contribution in [1.29, 1.82) is 0 Å². The third-order valence-corrected chi connectivity index (χ3v) is 4.62. The van der Waals surface area contributed by atoms with Crippen LogP contribution in [0.1, 0.15) is 42.3 Å². The summed E-state index contributed by atoms with van der Waals surface area (Å²) >= 11 is 12.0. The molecule has 0 fully saturated rings.